The van der Waals surface area contributed by atoms with Crippen LogP contribution < -0.4 is 9.62 Å². The summed E-state index contributed by atoms with van der Waals surface area (Å²) in [5.74, 6) is -0.896. The number of sulfonamides is 1. The van der Waals surface area contributed by atoms with Gasteiger partial charge in [-0.1, -0.05) is 113 Å². The van der Waals surface area contributed by atoms with Crippen LogP contribution in [0.15, 0.2) is 112 Å². The van der Waals surface area contributed by atoms with Crippen LogP contribution in [0, 0.1) is 0 Å². The van der Waals surface area contributed by atoms with E-state index >= 15 is 0 Å². The second-order valence-electron chi connectivity index (χ2n) is 10.4. The van der Waals surface area contributed by atoms with Gasteiger partial charge in [0.15, 0.2) is 0 Å². The van der Waals surface area contributed by atoms with E-state index in [2.05, 4.69) is 21.2 Å². The second kappa shape index (κ2) is 16.3. The van der Waals surface area contributed by atoms with Crippen LogP contribution in [0.2, 0.25) is 10.0 Å². The van der Waals surface area contributed by atoms with Crippen molar-refractivity contribution in [3.8, 4) is 0 Å². The number of benzene rings is 4. The van der Waals surface area contributed by atoms with Crippen LogP contribution in [0.4, 0.5) is 5.69 Å². The number of nitrogens with one attached hydrogen (secondary N) is 1. The van der Waals surface area contributed by atoms with Crippen molar-refractivity contribution in [3.63, 3.8) is 0 Å². The first-order chi connectivity index (χ1) is 21.6. The molecule has 0 aliphatic carbocycles. The van der Waals surface area contributed by atoms with E-state index in [1.807, 2.05) is 37.3 Å². The molecule has 0 aromatic heterocycles. The third-order valence-electron chi connectivity index (χ3n) is 7.14. The highest BCUT2D eigenvalue weighted by atomic mass is 79.9. The van der Waals surface area contributed by atoms with Gasteiger partial charge in [0.1, 0.15) is 12.6 Å². The Morgan fingerprint density at radius 2 is 1.53 bits per heavy atom. The minimum Gasteiger partial charge on any atom is -0.354 e. The lowest BCUT2D eigenvalue weighted by atomic mass is 10.0. The zero-order chi connectivity index (χ0) is 32.4. The van der Waals surface area contributed by atoms with E-state index in [0.29, 0.717) is 32.3 Å². The van der Waals surface area contributed by atoms with Gasteiger partial charge in [-0.2, -0.15) is 0 Å². The maximum Gasteiger partial charge on any atom is 0.264 e. The summed E-state index contributed by atoms with van der Waals surface area (Å²) < 4.78 is 29.8. The van der Waals surface area contributed by atoms with Crippen molar-refractivity contribution in [2.24, 2.45) is 0 Å². The molecule has 2 amide bonds. The standard InChI is InChI=1S/C34H34BrCl2N3O4S/c1-2-3-19-38-34(42)32(21-25-11-6-4-7-12-25)39(23-26-17-18-30(36)31(37)20-26)33(41)24-40(28-14-10-13-27(35)22-28)45(43,44)29-15-8-5-9-16-29/h4-18,20,22,32H,2-3,19,21,23-24H2,1H3,(H,38,42). The molecule has 0 aliphatic heterocycles. The molecule has 7 nitrogen and oxygen atoms in total. The SMILES string of the molecule is CCCCNC(=O)C(Cc1ccccc1)N(Cc1ccc(Cl)c(Cl)c1)C(=O)CN(c1cccc(Br)c1)S(=O)(=O)c1ccccc1. The van der Waals surface area contributed by atoms with Gasteiger partial charge >= 0.3 is 0 Å². The van der Waals surface area contributed by atoms with Crippen molar-refractivity contribution < 1.29 is 18.0 Å². The molecule has 45 heavy (non-hydrogen) atoms. The number of halogens is 3. The van der Waals surface area contributed by atoms with Gasteiger partial charge in [-0.3, -0.25) is 13.9 Å². The Balaban J connectivity index is 1.80. The Bertz CT molecular complexity index is 1710. The molecular formula is C34H34BrCl2N3O4S. The fourth-order valence-corrected chi connectivity index (χ4v) is 6.91. The number of anilines is 1. The molecular weight excluding hydrogens is 697 g/mol. The predicted octanol–water partition coefficient (Wildman–Crippen LogP) is 7.51. The molecule has 0 bridgehead atoms. The number of hydrogen-bond acceptors (Lipinski definition) is 4. The highest BCUT2D eigenvalue weighted by Gasteiger charge is 2.34. The van der Waals surface area contributed by atoms with Crippen LogP contribution in [0.5, 0.6) is 0 Å². The Hall–Kier alpha value is -3.37. The largest absolute Gasteiger partial charge is 0.354 e. The summed E-state index contributed by atoms with van der Waals surface area (Å²) in [7, 11) is -4.18. The zero-order valence-electron chi connectivity index (χ0n) is 24.7. The first kappa shape index (κ1) is 34.5. The monoisotopic (exact) mass is 729 g/mol. The van der Waals surface area contributed by atoms with Gasteiger partial charge < -0.3 is 10.2 Å². The lowest BCUT2D eigenvalue weighted by Gasteiger charge is -2.34. The molecule has 1 N–H and O–H groups in total. The summed E-state index contributed by atoms with van der Waals surface area (Å²) in [6.45, 7) is 1.91. The summed E-state index contributed by atoms with van der Waals surface area (Å²) in [6, 6.07) is 28.1. The summed E-state index contributed by atoms with van der Waals surface area (Å²) in [4.78, 5) is 29.8. The number of amides is 2. The van der Waals surface area contributed by atoms with Crippen LogP contribution in [0.3, 0.4) is 0 Å². The first-order valence-electron chi connectivity index (χ1n) is 14.5. The molecule has 0 heterocycles. The van der Waals surface area contributed by atoms with E-state index in [9.17, 15) is 18.0 Å². The third kappa shape index (κ3) is 9.33. The highest BCUT2D eigenvalue weighted by molar-refractivity contribution is 9.10. The molecule has 0 fully saturated rings. The molecule has 0 aliphatic rings. The van der Waals surface area contributed by atoms with Gasteiger partial charge in [-0.05, 0) is 60.0 Å². The summed E-state index contributed by atoms with van der Waals surface area (Å²) >= 11 is 15.9. The molecule has 0 saturated heterocycles. The Morgan fingerprint density at radius 3 is 2.18 bits per heavy atom. The first-order valence-corrected chi connectivity index (χ1v) is 17.5. The molecule has 4 aromatic rings. The fraction of sp³-hybridized carbons (Fsp3) is 0.235. The van der Waals surface area contributed by atoms with Gasteiger partial charge in [-0.15, -0.1) is 0 Å². The van der Waals surface area contributed by atoms with Crippen LogP contribution in [-0.4, -0.2) is 44.3 Å². The van der Waals surface area contributed by atoms with Crippen molar-refractivity contribution in [1.29, 1.82) is 0 Å². The molecule has 4 aromatic carbocycles. The Kier molecular flexibility index (Phi) is 12.5. The topological polar surface area (TPSA) is 86.8 Å². The van der Waals surface area contributed by atoms with Crippen LogP contribution in [0.1, 0.15) is 30.9 Å². The molecule has 11 heteroatoms. The van der Waals surface area contributed by atoms with E-state index in [1.54, 1.807) is 60.7 Å². The Morgan fingerprint density at radius 1 is 0.844 bits per heavy atom. The molecule has 1 unspecified atom stereocenters. The van der Waals surface area contributed by atoms with Gasteiger partial charge in [-0.25, -0.2) is 8.42 Å². The van der Waals surface area contributed by atoms with Gasteiger partial charge in [0.05, 0.1) is 20.6 Å². The van der Waals surface area contributed by atoms with Crippen LogP contribution >= 0.6 is 39.1 Å². The van der Waals surface area contributed by atoms with E-state index in [4.69, 9.17) is 23.2 Å². The van der Waals surface area contributed by atoms with E-state index < -0.39 is 28.5 Å². The summed E-state index contributed by atoms with van der Waals surface area (Å²) in [5.41, 5.74) is 1.78. The normalized spacial score (nSPS) is 11.9. The molecule has 0 spiro atoms. The molecule has 236 valence electrons. The van der Waals surface area contributed by atoms with Crippen molar-refractivity contribution in [2.75, 3.05) is 17.4 Å². The lowest BCUT2D eigenvalue weighted by molar-refractivity contribution is -0.140. The molecule has 0 saturated carbocycles. The lowest BCUT2D eigenvalue weighted by Crippen LogP contribution is -2.53. The molecule has 1 atom stereocenters. The summed E-state index contributed by atoms with van der Waals surface area (Å²) in [6.07, 6.45) is 1.87. The average Bonchev–Trinajstić information content (AvgIpc) is 3.04. The maximum atomic E-state index is 14.5. The summed E-state index contributed by atoms with van der Waals surface area (Å²) in [5, 5.41) is 3.63. The Labute approximate surface area is 283 Å². The van der Waals surface area contributed by atoms with Gasteiger partial charge in [0.25, 0.3) is 10.0 Å². The zero-order valence-corrected chi connectivity index (χ0v) is 28.6. The van der Waals surface area contributed by atoms with E-state index in [0.717, 1.165) is 22.7 Å². The minimum absolute atomic E-state index is 0.00781. The van der Waals surface area contributed by atoms with Crippen LogP contribution in [0.25, 0.3) is 0 Å². The van der Waals surface area contributed by atoms with Crippen LogP contribution in [-0.2, 0) is 32.6 Å². The fourth-order valence-electron chi connectivity index (χ4n) is 4.77. The van der Waals surface area contributed by atoms with Crippen molar-refractivity contribution in [2.45, 2.75) is 43.7 Å². The van der Waals surface area contributed by atoms with Gasteiger partial charge in [0.2, 0.25) is 11.8 Å². The number of unbranched alkanes of at least 4 members (excludes halogenated alkanes) is 1. The van der Waals surface area contributed by atoms with E-state index in [-0.39, 0.29) is 23.8 Å². The quantitative estimate of drug-likeness (QED) is 0.136. The smallest absolute Gasteiger partial charge is 0.264 e. The number of rotatable bonds is 14. The van der Waals surface area contributed by atoms with Crippen molar-refractivity contribution >= 4 is 66.7 Å². The average molecular weight is 732 g/mol. The molecule has 0 radical (unpaired) electrons. The second-order valence-corrected chi connectivity index (χ2v) is 14.0. The number of nitrogens with zero attached hydrogens (tertiary/aromatic N) is 2. The van der Waals surface area contributed by atoms with Crippen molar-refractivity contribution in [3.05, 3.63) is 129 Å². The number of hydrogen-bond donors (Lipinski definition) is 1. The van der Waals surface area contributed by atoms with Crippen molar-refractivity contribution in [1.82, 2.24) is 10.2 Å². The molecule has 4 rings (SSSR count). The number of carbonyl (C=O) groups excluding carboxylic acids is 2. The highest BCUT2D eigenvalue weighted by Crippen LogP contribution is 2.28. The van der Waals surface area contributed by atoms with Gasteiger partial charge in [0, 0.05) is 24.0 Å². The van der Waals surface area contributed by atoms with E-state index in [1.165, 1.54) is 17.0 Å². The third-order valence-corrected chi connectivity index (χ3v) is 10.2. The maximum absolute atomic E-state index is 14.5. The predicted molar refractivity (Wildman–Crippen MR) is 184 cm³/mol. The minimum atomic E-state index is -4.18. The number of carbonyl (C=O) groups is 2.